The largest absolute Gasteiger partial charge is 0.507 e. The maximum absolute atomic E-state index is 13.4. The minimum absolute atomic E-state index is 0.00207. The Kier molecular flexibility index (Phi) is 8.91. The molecule has 2 aromatic rings. The molecular formula is C29H36N2O7. The summed E-state index contributed by atoms with van der Waals surface area (Å²) in [5.41, 5.74) is 1.00. The number of aliphatic hydroxyl groups excluding tert-OH is 1. The molecule has 9 heteroatoms. The van der Waals surface area contributed by atoms with Gasteiger partial charge in [-0.25, -0.2) is 0 Å². The van der Waals surface area contributed by atoms with Crippen molar-refractivity contribution in [3.05, 3.63) is 59.2 Å². The topological polar surface area (TPSA) is 97.8 Å². The lowest BCUT2D eigenvalue weighted by molar-refractivity contribution is -0.140. The van der Waals surface area contributed by atoms with Crippen molar-refractivity contribution < 1.29 is 33.6 Å². The molecule has 2 aromatic carbocycles. The molecule has 0 aliphatic carbocycles. The molecule has 2 aliphatic heterocycles. The van der Waals surface area contributed by atoms with Crippen molar-refractivity contribution in [3.8, 4) is 17.2 Å². The highest BCUT2D eigenvalue weighted by Gasteiger charge is 2.47. The molecule has 2 fully saturated rings. The van der Waals surface area contributed by atoms with E-state index in [1.807, 2.05) is 13.8 Å². The number of benzene rings is 2. The van der Waals surface area contributed by atoms with Crippen molar-refractivity contribution in [2.24, 2.45) is 0 Å². The number of likely N-dealkylation sites (tertiary alicyclic amines) is 1. The van der Waals surface area contributed by atoms with Crippen LogP contribution in [-0.4, -0.2) is 86.3 Å². The third kappa shape index (κ3) is 5.95. The number of carbonyl (C=O) groups excluding carboxylic acids is 2. The van der Waals surface area contributed by atoms with E-state index < -0.39 is 17.7 Å². The number of ether oxygens (including phenoxy) is 4. The van der Waals surface area contributed by atoms with Gasteiger partial charge >= 0.3 is 0 Å². The van der Waals surface area contributed by atoms with E-state index in [1.165, 1.54) is 12.0 Å². The SMILES string of the molecule is COc1ccc(OC)c([C@@H]2C(=C(O)c3ccc(OC(C)C)cc3)C(=O)C(=O)N2CCCN2CCOCC2)c1. The number of carbonyl (C=O) groups is 2. The molecule has 2 aliphatic rings. The van der Waals surface area contributed by atoms with E-state index in [4.69, 9.17) is 18.9 Å². The fourth-order valence-electron chi connectivity index (χ4n) is 4.90. The van der Waals surface area contributed by atoms with Crippen molar-refractivity contribution in [3.63, 3.8) is 0 Å². The number of ketones is 1. The standard InChI is InChI=1S/C29H36N2O7/c1-19(2)38-21-8-6-20(7-9-21)27(32)25-26(23-18-22(35-3)10-11-24(23)36-4)31(29(34)28(25)33)13-5-12-30-14-16-37-17-15-30/h6-11,18-19,26,32H,5,12-17H2,1-4H3/t26-/m1/s1. The molecule has 38 heavy (non-hydrogen) atoms. The second-order valence-corrected chi connectivity index (χ2v) is 9.60. The molecule has 1 atom stereocenters. The minimum atomic E-state index is -0.837. The summed E-state index contributed by atoms with van der Waals surface area (Å²) in [4.78, 5) is 30.6. The highest BCUT2D eigenvalue weighted by atomic mass is 16.5. The zero-order chi connectivity index (χ0) is 27.2. The fraction of sp³-hybridized carbons (Fsp3) is 0.448. The first-order chi connectivity index (χ1) is 18.3. The Morgan fingerprint density at radius 3 is 2.32 bits per heavy atom. The zero-order valence-electron chi connectivity index (χ0n) is 22.4. The summed E-state index contributed by atoms with van der Waals surface area (Å²) in [6.45, 7) is 8.01. The molecule has 0 aromatic heterocycles. The number of rotatable bonds is 10. The van der Waals surface area contributed by atoms with Gasteiger partial charge in [0, 0.05) is 37.3 Å². The predicted molar refractivity (Wildman–Crippen MR) is 143 cm³/mol. The second-order valence-electron chi connectivity index (χ2n) is 9.60. The quantitative estimate of drug-likeness (QED) is 0.286. The van der Waals surface area contributed by atoms with Crippen molar-refractivity contribution >= 4 is 17.4 Å². The second kappa shape index (κ2) is 12.3. The Morgan fingerprint density at radius 2 is 1.68 bits per heavy atom. The van der Waals surface area contributed by atoms with E-state index >= 15 is 0 Å². The number of hydrogen-bond donors (Lipinski definition) is 1. The van der Waals surface area contributed by atoms with Gasteiger partial charge in [-0.2, -0.15) is 0 Å². The fourth-order valence-corrected chi connectivity index (χ4v) is 4.90. The van der Waals surface area contributed by atoms with Gasteiger partial charge in [0.2, 0.25) is 0 Å². The summed E-state index contributed by atoms with van der Waals surface area (Å²) >= 11 is 0. The molecule has 0 bridgehead atoms. The van der Waals surface area contributed by atoms with Gasteiger partial charge in [-0.15, -0.1) is 0 Å². The van der Waals surface area contributed by atoms with E-state index in [9.17, 15) is 14.7 Å². The van der Waals surface area contributed by atoms with Crippen LogP contribution in [0.1, 0.15) is 37.4 Å². The van der Waals surface area contributed by atoms with E-state index in [0.29, 0.717) is 54.6 Å². The summed E-state index contributed by atoms with van der Waals surface area (Å²) in [6, 6.07) is 11.2. The molecule has 0 spiro atoms. The number of nitrogens with zero attached hydrogens (tertiary/aromatic N) is 2. The van der Waals surface area contributed by atoms with E-state index in [-0.39, 0.29) is 17.4 Å². The third-order valence-electron chi connectivity index (χ3n) is 6.75. The Morgan fingerprint density at radius 1 is 1.00 bits per heavy atom. The average molecular weight is 525 g/mol. The Balaban J connectivity index is 1.73. The van der Waals surface area contributed by atoms with Crippen LogP contribution in [-0.2, 0) is 14.3 Å². The van der Waals surface area contributed by atoms with Crippen molar-refractivity contribution in [2.75, 3.05) is 53.6 Å². The molecule has 2 saturated heterocycles. The molecule has 0 radical (unpaired) electrons. The number of amides is 1. The highest BCUT2D eigenvalue weighted by molar-refractivity contribution is 6.46. The van der Waals surface area contributed by atoms with Crippen LogP contribution < -0.4 is 14.2 Å². The molecule has 204 valence electrons. The summed E-state index contributed by atoms with van der Waals surface area (Å²) in [6.07, 6.45) is 0.662. The number of Topliss-reactive ketones (excluding diaryl/α,β-unsaturated/α-hetero) is 1. The summed E-state index contributed by atoms with van der Waals surface area (Å²) in [5, 5.41) is 11.4. The summed E-state index contributed by atoms with van der Waals surface area (Å²) in [5.74, 6) is 0.0582. The highest BCUT2D eigenvalue weighted by Crippen LogP contribution is 2.44. The first kappa shape index (κ1) is 27.5. The van der Waals surface area contributed by atoms with Crippen molar-refractivity contribution in [1.82, 2.24) is 9.80 Å². The smallest absolute Gasteiger partial charge is 0.295 e. The van der Waals surface area contributed by atoms with Crippen LogP contribution in [0.15, 0.2) is 48.0 Å². The Bertz CT molecular complexity index is 1170. The van der Waals surface area contributed by atoms with Crippen LogP contribution in [0.4, 0.5) is 0 Å². The lowest BCUT2D eigenvalue weighted by Gasteiger charge is -2.29. The van der Waals surface area contributed by atoms with Gasteiger partial charge in [-0.3, -0.25) is 14.5 Å². The van der Waals surface area contributed by atoms with Crippen LogP contribution in [0, 0.1) is 0 Å². The zero-order valence-corrected chi connectivity index (χ0v) is 22.4. The molecule has 9 nitrogen and oxygen atoms in total. The van der Waals surface area contributed by atoms with Gasteiger partial charge in [0.25, 0.3) is 11.7 Å². The summed E-state index contributed by atoms with van der Waals surface area (Å²) in [7, 11) is 3.08. The molecule has 4 rings (SSSR count). The molecular weight excluding hydrogens is 488 g/mol. The van der Waals surface area contributed by atoms with Crippen LogP contribution in [0.3, 0.4) is 0 Å². The maximum atomic E-state index is 13.4. The van der Waals surface area contributed by atoms with E-state index in [1.54, 1.807) is 49.6 Å². The molecule has 0 unspecified atom stereocenters. The number of hydrogen-bond acceptors (Lipinski definition) is 8. The van der Waals surface area contributed by atoms with Crippen LogP contribution in [0.2, 0.25) is 0 Å². The number of methoxy groups -OCH3 is 2. The van der Waals surface area contributed by atoms with E-state index in [2.05, 4.69) is 4.90 Å². The lowest BCUT2D eigenvalue weighted by Crippen LogP contribution is -2.39. The van der Waals surface area contributed by atoms with Gasteiger partial charge in [-0.1, -0.05) is 0 Å². The third-order valence-corrected chi connectivity index (χ3v) is 6.75. The molecule has 1 N–H and O–H groups in total. The average Bonchev–Trinajstić information content (AvgIpc) is 3.18. The normalized spacial score (nSPS) is 19.7. The molecule has 2 heterocycles. The summed E-state index contributed by atoms with van der Waals surface area (Å²) < 4.78 is 22.2. The van der Waals surface area contributed by atoms with Gasteiger partial charge < -0.3 is 29.0 Å². The Labute approximate surface area is 223 Å². The van der Waals surface area contributed by atoms with Gasteiger partial charge in [0.05, 0.1) is 45.2 Å². The van der Waals surface area contributed by atoms with Crippen LogP contribution >= 0.6 is 0 Å². The monoisotopic (exact) mass is 524 g/mol. The first-order valence-corrected chi connectivity index (χ1v) is 12.9. The molecule has 1 amide bonds. The van der Waals surface area contributed by atoms with Crippen molar-refractivity contribution in [1.29, 1.82) is 0 Å². The van der Waals surface area contributed by atoms with Crippen molar-refractivity contribution in [2.45, 2.75) is 32.4 Å². The number of morpholine rings is 1. The van der Waals surface area contributed by atoms with Gasteiger partial charge in [0.15, 0.2) is 0 Å². The van der Waals surface area contributed by atoms with Crippen LogP contribution in [0.25, 0.3) is 5.76 Å². The predicted octanol–water partition coefficient (Wildman–Crippen LogP) is 3.64. The first-order valence-electron chi connectivity index (χ1n) is 12.9. The van der Waals surface area contributed by atoms with Gasteiger partial charge in [0.1, 0.15) is 23.0 Å². The van der Waals surface area contributed by atoms with Gasteiger partial charge in [-0.05, 0) is 62.7 Å². The maximum Gasteiger partial charge on any atom is 0.295 e. The van der Waals surface area contributed by atoms with E-state index in [0.717, 1.165) is 19.6 Å². The minimum Gasteiger partial charge on any atom is -0.507 e. The lowest BCUT2D eigenvalue weighted by atomic mass is 9.94. The molecule has 0 saturated carbocycles. The number of aliphatic hydroxyl groups is 1. The van der Waals surface area contributed by atoms with Crippen LogP contribution in [0.5, 0.6) is 17.2 Å². The Hall–Kier alpha value is -3.56.